The van der Waals surface area contributed by atoms with Gasteiger partial charge in [0.05, 0.1) is 11.3 Å². The van der Waals surface area contributed by atoms with Gasteiger partial charge in [-0.05, 0) is 62.6 Å². The number of carbonyl (C=O) groups is 1. The molecule has 1 amide bonds. The summed E-state index contributed by atoms with van der Waals surface area (Å²) in [5.41, 5.74) is 1.23. The molecule has 1 aromatic carbocycles. The zero-order valence-corrected chi connectivity index (χ0v) is 15.8. The third-order valence-corrected chi connectivity index (χ3v) is 4.94. The van der Waals surface area contributed by atoms with Crippen LogP contribution >= 0.6 is 0 Å². The zero-order valence-electron chi connectivity index (χ0n) is 15.8. The maximum Gasteiger partial charge on any atom is 0.416 e. The highest BCUT2D eigenvalue weighted by Gasteiger charge is 2.31. The Hall–Kier alpha value is -2.41. The Morgan fingerprint density at radius 3 is 2.79 bits per heavy atom. The number of alkyl halides is 3. The molecule has 2 heterocycles. The maximum atomic E-state index is 12.8. The Balaban J connectivity index is 1.53. The molecule has 0 unspecified atom stereocenters. The van der Waals surface area contributed by atoms with Gasteiger partial charge in [0, 0.05) is 30.9 Å². The molecule has 3 rings (SSSR count). The first-order valence-electron chi connectivity index (χ1n) is 9.41. The van der Waals surface area contributed by atoms with Crippen LogP contribution in [0.3, 0.4) is 0 Å². The fourth-order valence-corrected chi connectivity index (χ4v) is 3.55. The first-order chi connectivity index (χ1) is 13.3. The van der Waals surface area contributed by atoms with Crippen molar-refractivity contribution in [1.82, 2.24) is 15.2 Å². The van der Waals surface area contributed by atoms with Crippen molar-refractivity contribution in [2.45, 2.75) is 32.5 Å². The van der Waals surface area contributed by atoms with Crippen LogP contribution in [0.15, 0.2) is 42.5 Å². The largest absolute Gasteiger partial charge is 0.416 e. The van der Waals surface area contributed by atoms with Crippen LogP contribution in [0.1, 0.15) is 40.2 Å². The van der Waals surface area contributed by atoms with Crippen molar-refractivity contribution in [2.24, 2.45) is 5.92 Å². The van der Waals surface area contributed by atoms with Crippen molar-refractivity contribution < 1.29 is 18.0 Å². The van der Waals surface area contributed by atoms with E-state index in [-0.39, 0.29) is 11.5 Å². The number of amides is 1. The van der Waals surface area contributed by atoms with Gasteiger partial charge in [0.1, 0.15) is 0 Å². The number of aromatic nitrogens is 1. The normalized spacial score (nSPS) is 18.1. The van der Waals surface area contributed by atoms with Gasteiger partial charge in [-0.2, -0.15) is 13.2 Å². The van der Waals surface area contributed by atoms with Gasteiger partial charge in [-0.15, -0.1) is 0 Å². The summed E-state index contributed by atoms with van der Waals surface area (Å²) in [6, 6.07) is 10.5. The fourth-order valence-electron chi connectivity index (χ4n) is 3.55. The summed E-state index contributed by atoms with van der Waals surface area (Å²) in [5.74, 6) is -0.197. The van der Waals surface area contributed by atoms with Crippen molar-refractivity contribution >= 4 is 5.91 Å². The summed E-state index contributed by atoms with van der Waals surface area (Å²) in [4.78, 5) is 19.1. The molecule has 0 aliphatic carbocycles. The molecule has 1 fully saturated rings. The van der Waals surface area contributed by atoms with E-state index >= 15 is 0 Å². The van der Waals surface area contributed by atoms with Crippen LogP contribution in [0.4, 0.5) is 13.2 Å². The fraction of sp³-hybridized carbons (Fsp3) is 0.429. The van der Waals surface area contributed by atoms with E-state index in [1.54, 1.807) is 0 Å². The van der Waals surface area contributed by atoms with Crippen molar-refractivity contribution in [3.05, 3.63) is 65.0 Å². The molecule has 1 saturated heterocycles. The minimum absolute atomic E-state index is 0.0338. The topological polar surface area (TPSA) is 45.2 Å². The second kappa shape index (κ2) is 8.73. The molecule has 0 spiro atoms. The van der Waals surface area contributed by atoms with Crippen LogP contribution in [0.5, 0.6) is 0 Å². The molecule has 150 valence electrons. The molecule has 2 aromatic rings. The zero-order chi connectivity index (χ0) is 20.1. The lowest BCUT2D eigenvalue weighted by Gasteiger charge is -2.32. The lowest BCUT2D eigenvalue weighted by Crippen LogP contribution is -2.40. The minimum atomic E-state index is -4.45. The van der Waals surface area contributed by atoms with E-state index < -0.39 is 17.6 Å². The SMILES string of the molecule is Cc1cccc(CN2CCC[C@H](CNC(=O)c3cccc(C(F)(F)F)c3)C2)n1. The Labute approximate surface area is 162 Å². The maximum absolute atomic E-state index is 12.8. The van der Waals surface area contributed by atoms with E-state index in [1.807, 2.05) is 25.1 Å². The van der Waals surface area contributed by atoms with E-state index in [0.29, 0.717) is 6.54 Å². The van der Waals surface area contributed by atoms with E-state index in [9.17, 15) is 18.0 Å². The van der Waals surface area contributed by atoms with Gasteiger partial charge < -0.3 is 5.32 Å². The summed E-state index contributed by atoms with van der Waals surface area (Å²) in [6.07, 6.45) is -2.44. The number of aryl methyl sites for hydroxylation is 1. The molecule has 1 aliphatic rings. The van der Waals surface area contributed by atoms with Crippen molar-refractivity contribution in [3.8, 4) is 0 Å². The average Bonchev–Trinajstić information content (AvgIpc) is 2.66. The average molecular weight is 391 g/mol. The predicted octanol–water partition coefficient (Wildman–Crippen LogP) is 4.05. The molecule has 28 heavy (non-hydrogen) atoms. The lowest BCUT2D eigenvalue weighted by atomic mass is 9.97. The molecule has 1 atom stereocenters. The number of halogens is 3. The summed E-state index contributed by atoms with van der Waals surface area (Å²) in [7, 11) is 0. The van der Waals surface area contributed by atoms with Crippen molar-refractivity contribution in [3.63, 3.8) is 0 Å². The first-order valence-corrected chi connectivity index (χ1v) is 9.41. The molecule has 0 saturated carbocycles. The number of likely N-dealkylation sites (tertiary alicyclic amines) is 1. The Morgan fingerprint density at radius 1 is 1.25 bits per heavy atom. The third-order valence-electron chi connectivity index (χ3n) is 4.94. The van der Waals surface area contributed by atoms with Gasteiger partial charge in [-0.1, -0.05) is 12.1 Å². The molecule has 7 heteroatoms. The number of rotatable bonds is 5. The second-order valence-electron chi connectivity index (χ2n) is 7.30. The first kappa shape index (κ1) is 20.3. The molecule has 1 aromatic heterocycles. The molecular formula is C21H24F3N3O. The molecule has 0 radical (unpaired) electrons. The van der Waals surface area contributed by atoms with E-state index in [2.05, 4.69) is 15.2 Å². The Morgan fingerprint density at radius 2 is 2.04 bits per heavy atom. The number of pyridine rings is 1. The molecule has 1 aliphatic heterocycles. The quantitative estimate of drug-likeness (QED) is 0.836. The Bertz CT molecular complexity index is 823. The number of benzene rings is 1. The van der Waals surface area contributed by atoms with Crippen molar-refractivity contribution in [1.29, 1.82) is 0 Å². The summed E-state index contributed by atoms with van der Waals surface area (Å²) < 4.78 is 38.4. The van der Waals surface area contributed by atoms with Crippen molar-refractivity contribution in [2.75, 3.05) is 19.6 Å². The highest BCUT2D eigenvalue weighted by molar-refractivity contribution is 5.94. The minimum Gasteiger partial charge on any atom is -0.352 e. The number of carbonyl (C=O) groups excluding carboxylic acids is 1. The molecule has 0 bridgehead atoms. The standard InChI is InChI=1S/C21H24F3N3O/c1-15-5-2-9-19(26-15)14-27-10-4-6-16(13-27)12-25-20(28)17-7-3-8-18(11-17)21(22,23)24/h2-3,5,7-9,11,16H,4,6,10,12-14H2,1H3,(H,25,28)/t16-/m1/s1. The molecular weight excluding hydrogens is 367 g/mol. The highest BCUT2D eigenvalue weighted by atomic mass is 19.4. The van der Waals surface area contributed by atoms with Crippen LogP contribution in [0.2, 0.25) is 0 Å². The van der Waals surface area contributed by atoms with Gasteiger partial charge >= 0.3 is 6.18 Å². The van der Waals surface area contributed by atoms with Crippen LogP contribution in [0, 0.1) is 12.8 Å². The number of piperidine rings is 1. The van der Waals surface area contributed by atoms with Crippen LogP contribution in [-0.2, 0) is 12.7 Å². The number of hydrogen-bond acceptors (Lipinski definition) is 3. The number of hydrogen-bond donors (Lipinski definition) is 1. The van der Waals surface area contributed by atoms with E-state index in [4.69, 9.17) is 0 Å². The van der Waals surface area contributed by atoms with Gasteiger partial charge in [0.15, 0.2) is 0 Å². The lowest BCUT2D eigenvalue weighted by molar-refractivity contribution is -0.137. The predicted molar refractivity (Wildman–Crippen MR) is 101 cm³/mol. The summed E-state index contributed by atoms with van der Waals surface area (Å²) in [6.45, 7) is 4.99. The van der Waals surface area contributed by atoms with Gasteiger partial charge in [0.25, 0.3) is 5.91 Å². The van der Waals surface area contributed by atoms with Crippen LogP contribution < -0.4 is 5.32 Å². The molecule has 1 N–H and O–H groups in total. The summed E-state index contributed by atoms with van der Waals surface area (Å²) in [5, 5.41) is 2.79. The smallest absolute Gasteiger partial charge is 0.352 e. The summed E-state index contributed by atoms with van der Waals surface area (Å²) >= 11 is 0. The monoisotopic (exact) mass is 391 g/mol. The van der Waals surface area contributed by atoms with E-state index in [1.165, 1.54) is 12.1 Å². The van der Waals surface area contributed by atoms with Gasteiger partial charge in [0.2, 0.25) is 0 Å². The highest BCUT2D eigenvalue weighted by Crippen LogP contribution is 2.29. The number of nitrogens with zero attached hydrogens (tertiary/aromatic N) is 2. The van der Waals surface area contributed by atoms with Gasteiger partial charge in [-0.25, -0.2) is 0 Å². The van der Waals surface area contributed by atoms with E-state index in [0.717, 1.165) is 56.0 Å². The van der Waals surface area contributed by atoms with Crippen LogP contribution in [-0.4, -0.2) is 35.4 Å². The number of nitrogens with one attached hydrogen (secondary N) is 1. The van der Waals surface area contributed by atoms with Gasteiger partial charge in [-0.3, -0.25) is 14.7 Å². The second-order valence-corrected chi connectivity index (χ2v) is 7.30. The van der Waals surface area contributed by atoms with Crippen LogP contribution in [0.25, 0.3) is 0 Å². The Kier molecular flexibility index (Phi) is 6.34. The third kappa shape index (κ3) is 5.55. The molecule has 4 nitrogen and oxygen atoms in total.